The second-order valence-electron chi connectivity index (χ2n) is 4.31. The standard InChI is InChI=1S/C12H11ClN2O5/c1-12(10(18)14-5-9(16)17)11(19)15-7-4-6(13)2-3-8(7)20-12/h2-4H,5H2,1H3,(H,14,18)(H,15,19)(H,16,17). The van der Waals surface area contributed by atoms with E-state index in [0.29, 0.717) is 10.7 Å². The van der Waals surface area contributed by atoms with Gasteiger partial charge in [0.2, 0.25) is 0 Å². The molecule has 0 aliphatic carbocycles. The minimum atomic E-state index is -1.84. The van der Waals surface area contributed by atoms with Crippen molar-refractivity contribution < 1.29 is 24.2 Å². The lowest BCUT2D eigenvalue weighted by Crippen LogP contribution is -2.59. The second kappa shape index (κ2) is 5.01. The SMILES string of the molecule is CC1(C(=O)NCC(=O)O)Oc2ccc(Cl)cc2NC1=O. The van der Waals surface area contributed by atoms with Crippen LogP contribution in [-0.2, 0) is 14.4 Å². The molecule has 0 bridgehead atoms. The summed E-state index contributed by atoms with van der Waals surface area (Å²) in [7, 11) is 0. The topological polar surface area (TPSA) is 105 Å². The molecule has 3 N–H and O–H groups in total. The molecule has 0 saturated carbocycles. The zero-order chi connectivity index (χ0) is 14.9. The number of benzene rings is 1. The highest BCUT2D eigenvalue weighted by Gasteiger charge is 2.47. The maximum Gasteiger partial charge on any atom is 0.322 e. The van der Waals surface area contributed by atoms with Gasteiger partial charge in [0.1, 0.15) is 12.3 Å². The summed E-state index contributed by atoms with van der Waals surface area (Å²) in [6, 6.07) is 4.55. The predicted octanol–water partition coefficient (Wildman–Crippen LogP) is 0.630. The molecule has 0 aromatic heterocycles. The van der Waals surface area contributed by atoms with Crippen molar-refractivity contribution in [2.24, 2.45) is 0 Å². The van der Waals surface area contributed by atoms with Gasteiger partial charge < -0.3 is 20.5 Å². The average Bonchev–Trinajstić information content (AvgIpc) is 2.37. The molecule has 106 valence electrons. The van der Waals surface area contributed by atoms with Gasteiger partial charge in [0.05, 0.1) is 5.69 Å². The van der Waals surface area contributed by atoms with Gasteiger partial charge in [0, 0.05) is 5.02 Å². The van der Waals surface area contributed by atoms with E-state index in [9.17, 15) is 14.4 Å². The Hall–Kier alpha value is -2.28. The molecule has 1 aromatic carbocycles. The molecular weight excluding hydrogens is 288 g/mol. The van der Waals surface area contributed by atoms with Gasteiger partial charge in [-0.2, -0.15) is 0 Å². The maximum absolute atomic E-state index is 12.0. The van der Waals surface area contributed by atoms with Gasteiger partial charge in [-0.15, -0.1) is 0 Å². The third-order valence-corrected chi connectivity index (χ3v) is 3.01. The third-order valence-electron chi connectivity index (χ3n) is 2.77. The number of hydrogen-bond acceptors (Lipinski definition) is 4. The summed E-state index contributed by atoms with van der Waals surface area (Å²) in [6.45, 7) is 0.662. The van der Waals surface area contributed by atoms with Crippen molar-refractivity contribution in [2.45, 2.75) is 12.5 Å². The lowest BCUT2D eigenvalue weighted by Gasteiger charge is -2.33. The highest BCUT2D eigenvalue weighted by molar-refractivity contribution is 6.31. The first kappa shape index (κ1) is 14.1. The Morgan fingerprint density at radius 2 is 2.20 bits per heavy atom. The van der Waals surface area contributed by atoms with Gasteiger partial charge in [-0.3, -0.25) is 14.4 Å². The number of hydrogen-bond donors (Lipinski definition) is 3. The van der Waals surface area contributed by atoms with Crippen LogP contribution in [0.3, 0.4) is 0 Å². The van der Waals surface area contributed by atoms with E-state index < -0.39 is 29.9 Å². The number of halogens is 1. The van der Waals surface area contributed by atoms with Gasteiger partial charge >= 0.3 is 5.97 Å². The van der Waals surface area contributed by atoms with Crippen molar-refractivity contribution >= 4 is 35.1 Å². The van der Waals surface area contributed by atoms with Gasteiger partial charge in [0.25, 0.3) is 17.4 Å². The molecule has 0 saturated heterocycles. The van der Waals surface area contributed by atoms with Crippen LogP contribution in [0.4, 0.5) is 5.69 Å². The number of rotatable bonds is 3. The van der Waals surface area contributed by atoms with E-state index in [-0.39, 0.29) is 5.75 Å². The van der Waals surface area contributed by atoms with Crippen LogP contribution in [0.15, 0.2) is 18.2 Å². The summed E-state index contributed by atoms with van der Waals surface area (Å²) in [5.41, 5.74) is -1.48. The molecular formula is C12H11ClN2O5. The number of carboxylic acid groups (broad SMARTS) is 1. The number of carbonyl (C=O) groups is 3. The fourth-order valence-electron chi connectivity index (χ4n) is 1.67. The van der Waals surface area contributed by atoms with Crippen LogP contribution in [0.1, 0.15) is 6.92 Å². The Balaban J connectivity index is 2.25. The van der Waals surface area contributed by atoms with Crippen molar-refractivity contribution in [2.75, 3.05) is 11.9 Å². The first-order valence-corrected chi connectivity index (χ1v) is 6.01. The fraction of sp³-hybridized carbons (Fsp3) is 0.250. The molecule has 20 heavy (non-hydrogen) atoms. The minimum absolute atomic E-state index is 0.280. The molecule has 2 amide bonds. The summed E-state index contributed by atoms with van der Waals surface area (Å²) < 4.78 is 5.41. The summed E-state index contributed by atoms with van der Waals surface area (Å²) in [4.78, 5) is 34.4. The Bertz CT molecular complexity index is 604. The zero-order valence-corrected chi connectivity index (χ0v) is 11.2. The summed E-state index contributed by atoms with van der Waals surface area (Å²) in [5.74, 6) is -2.47. The molecule has 1 unspecified atom stereocenters. The van der Waals surface area contributed by atoms with E-state index in [1.54, 1.807) is 6.07 Å². The molecule has 0 radical (unpaired) electrons. The molecule has 1 heterocycles. The average molecular weight is 299 g/mol. The van der Waals surface area contributed by atoms with Crippen LogP contribution in [0.25, 0.3) is 0 Å². The van der Waals surface area contributed by atoms with E-state index in [2.05, 4.69) is 10.6 Å². The van der Waals surface area contributed by atoms with E-state index in [1.807, 2.05) is 0 Å². The molecule has 1 atom stereocenters. The number of fused-ring (bicyclic) bond motifs is 1. The highest BCUT2D eigenvalue weighted by Crippen LogP contribution is 2.35. The minimum Gasteiger partial charge on any atom is -0.480 e. The fourth-order valence-corrected chi connectivity index (χ4v) is 1.84. The Morgan fingerprint density at radius 3 is 2.85 bits per heavy atom. The lowest BCUT2D eigenvalue weighted by atomic mass is 10.0. The summed E-state index contributed by atoms with van der Waals surface area (Å²) in [5, 5.41) is 13.6. The molecule has 1 aliphatic heterocycles. The van der Waals surface area contributed by atoms with Crippen LogP contribution >= 0.6 is 11.6 Å². The normalized spacial score (nSPS) is 20.4. The first-order chi connectivity index (χ1) is 9.33. The molecule has 1 aromatic rings. The molecule has 1 aliphatic rings. The maximum atomic E-state index is 12.0. The molecule has 0 fully saturated rings. The van der Waals surface area contributed by atoms with Crippen LogP contribution < -0.4 is 15.4 Å². The number of aliphatic carboxylic acids is 1. The smallest absolute Gasteiger partial charge is 0.322 e. The largest absolute Gasteiger partial charge is 0.480 e. The number of anilines is 1. The van der Waals surface area contributed by atoms with Crippen molar-refractivity contribution in [3.63, 3.8) is 0 Å². The van der Waals surface area contributed by atoms with Crippen molar-refractivity contribution in [1.29, 1.82) is 0 Å². The van der Waals surface area contributed by atoms with Crippen LogP contribution in [-0.4, -0.2) is 35.0 Å². The Kier molecular flexibility index (Phi) is 3.54. The molecule has 2 rings (SSSR count). The van der Waals surface area contributed by atoms with E-state index in [4.69, 9.17) is 21.4 Å². The second-order valence-corrected chi connectivity index (χ2v) is 4.74. The number of ether oxygens (including phenoxy) is 1. The first-order valence-electron chi connectivity index (χ1n) is 5.63. The number of nitrogens with one attached hydrogen (secondary N) is 2. The van der Waals surface area contributed by atoms with Crippen molar-refractivity contribution in [3.8, 4) is 5.75 Å². The summed E-state index contributed by atoms with van der Waals surface area (Å²) in [6.07, 6.45) is 0. The summed E-state index contributed by atoms with van der Waals surface area (Å²) >= 11 is 5.79. The van der Waals surface area contributed by atoms with Gasteiger partial charge in [-0.05, 0) is 25.1 Å². The van der Waals surface area contributed by atoms with Crippen LogP contribution in [0, 0.1) is 0 Å². The number of carboxylic acids is 1. The molecule has 0 spiro atoms. The van der Waals surface area contributed by atoms with Crippen LogP contribution in [0.5, 0.6) is 5.75 Å². The van der Waals surface area contributed by atoms with Gasteiger partial charge in [-0.1, -0.05) is 11.6 Å². The quantitative estimate of drug-likeness (QED) is 0.710. The Morgan fingerprint density at radius 1 is 1.50 bits per heavy atom. The Labute approximate surface area is 118 Å². The predicted molar refractivity (Wildman–Crippen MR) is 69.8 cm³/mol. The van der Waals surface area contributed by atoms with Crippen LogP contribution in [0.2, 0.25) is 5.02 Å². The van der Waals surface area contributed by atoms with Gasteiger partial charge in [-0.25, -0.2) is 0 Å². The highest BCUT2D eigenvalue weighted by atomic mass is 35.5. The van der Waals surface area contributed by atoms with Crippen molar-refractivity contribution in [3.05, 3.63) is 23.2 Å². The number of carbonyl (C=O) groups excluding carboxylic acids is 2. The zero-order valence-electron chi connectivity index (χ0n) is 10.4. The lowest BCUT2D eigenvalue weighted by molar-refractivity contribution is -0.149. The molecule has 8 heteroatoms. The molecule has 7 nitrogen and oxygen atoms in total. The monoisotopic (exact) mass is 298 g/mol. The van der Waals surface area contributed by atoms with Gasteiger partial charge in [0.15, 0.2) is 0 Å². The van der Waals surface area contributed by atoms with E-state index in [1.165, 1.54) is 19.1 Å². The third kappa shape index (κ3) is 2.53. The van der Waals surface area contributed by atoms with Crippen molar-refractivity contribution in [1.82, 2.24) is 5.32 Å². The number of amides is 2. The van der Waals surface area contributed by atoms with E-state index in [0.717, 1.165) is 0 Å². The van der Waals surface area contributed by atoms with E-state index >= 15 is 0 Å².